The van der Waals surface area contributed by atoms with Crippen molar-refractivity contribution in [2.24, 2.45) is 0 Å². The second-order valence-corrected chi connectivity index (χ2v) is 6.74. The number of likely N-dealkylation sites (N-methyl/N-ethyl adjacent to an activating group) is 1. The molecular weight excluding hydrogens is 296 g/mol. The number of hydrogen-bond donors (Lipinski definition) is 0. The second-order valence-electron chi connectivity index (χ2n) is 6.74. The number of aryl methyl sites for hydroxylation is 1. The molecule has 3 nitrogen and oxygen atoms in total. The number of ether oxygens (including phenoxy) is 1. The number of nitrogens with zero attached hydrogens (tertiary/aromatic N) is 2. The summed E-state index contributed by atoms with van der Waals surface area (Å²) in [6.45, 7) is 7.91. The smallest absolute Gasteiger partial charge is 0.0594 e. The van der Waals surface area contributed by atoms with Gasteiger partial charge in [0.15, 0.2) is 0 Å². The summed E-state index contributed by atoms with van der Waals surface area (Å²) in [5.41, 5.74) is 4.07. The molecule has 3 rings (SSSR count). The van der Waals surface area contributed by atoms with Gasteiger partial charge in [-0.1, -0.05) is 60.2 Å². The Morgan fingerprint density at radius 3 is 2.33 bits per heavy atom. The van der Waals surface area contributed by atoms with E-state index in [1.165, 1.54) is 16.7 Å². The first-order valence-corrected chi connectivity index (χ1v) is 8.83. The van der Waals surface area contributed by atoms with Crippen LogP contribution in [0.3, 0.4) is 0 Å². The molecular formula is C21H28N2O. The Morgan fingerprint density at radius 2 is 1.67 bits per heavy atom. The molecule has 0 amide bonds. The van der Waals surface area contributed by atoms with Gasteiger partial charge in [0.05, 0.1) is 13.2 Å². The normalized spacial score (nSPS) is 17.1. The fourth-order valence-corrected chi connectivity index (χ4v) is 3.29. The van der Waals surface area contributed by atoms with E-state index in [1.54, 1.807) is 0 Å². The first-order valence-electron chi connectivity index (χ1n) is 8.83. The lowest BCUT2D eigenvalue weighted by molar-refractivity contribution is 0.0240. The predicted molar refractivity (Wildman–Crippen MR) is 99.1 cm³/mol. The van der Waals surface area contributed by atoms with Crippen LogP contribution in [0.2, 0.25) is 0 Å². The maximum Gasteiger partial charge on any atom is 0.0594 e. The summed E-state index contributed by atoms with van der Waals surface area (Å²) in [7, 11) is 2.23. The first kappa shape index (κ1) is 17.2. The van der Waals surface area contributed by atoms with Crippen molar-refractivity contribution in [3.63, 3.8) is 0 Å². The van der Waals surface area contributed by atoms with Crippen LogP contribution in [-0.2, 0) is 11.3 Å². The number of benzene rings is 2. The number of morpholine rings is 1. The molecule has 128 valence electrons. The van der Waals surface area contributed by atoms with Crippen LogP contribution in [0.5, 0.6) is 0 Å². The Balaban J connectivity index is 1.73. The average molecular weight is 324 g/mol. The van der Waals surface area contributed by atoms with Crippen molar-refractivity contribution >= 4 is 0 Å². The molecule has 1 fully saturated rings. The average Bonchev–Trinajstić information content (AvgIpc) is 2.63. The molecule has 1 unspecified atom stereocenters. The molecule has 1 aliphatic rings. The lowest BCUT2D eigenvalue weighted by atomic mass is 10.0. The topological polar surface area (TPSA) is 15.7 Å². The van der Waals surface area contributed by atoms with Crippen molar-refractivity contribution in [3.05, 3.63) is 71.3 Å². The zero-order valence-corrected chi connectivity index (χ0v) is 14.8. The Labute approximate surface area is 145 Å². The van der Waals surface area contributed by atoms with Gasteiger partial charge in [0.25, 0.3) is 0 Å². The third-order valence-corrected chi connectivity index (χ3v) is 4.80. The molecule has 0 saturated carbocycles. The summed E-state index contributed by atoms with van der Waals surface area (Å²) in [4.78, 5) is 4.99. The molecule has 1 heterocycles. The third kappa shape index (κ3) is 4.67. The van der Waals surface area contributed by atoms with E-state index in [9.17, 15) is 0 Å². The monoisotopic (exact) mass is 324 g/mol. The lowest BCUT2D eigenvalue weighted by Crippen LogP contribution is -2.42. The van der Waals surface area contributed by atoms with Crippen molar-refractivity contribution in [2.45, 2.75) is 19.5 Å². The second kappa shape index (κ2) is 8.43. The van der Waals surface area contributed by atoms with E-state index in [0.29, 0.717) is 6.04 Å². The van der Waals surface area contributed by atoms with Gasteiger partial charge in [0.1, 0.15) is 0 Å². The molecule has 0 aliphatic carbocycles. The predicted octanol–water partition coefficient (Wildman–Crippen LogP) is 3.50. The van der Waals surface area contributed by atoms with Gasteiger partial charge in [0, 0.05) is 32.2 Å². The minimum absolute atomic E-state index is 0.394. The van der Waals surface area contributed by atoms with Gasteiger partial charge in [0.2, 0.25) is 0 Å². The summed E-state index contributed by atoms with van der Waals surface area (Å²) in [5.74, 6) is 0. The van der Waals surface area contributed by atoms with Gasteiger partial charge >= 0.3 is 0 Å². The van der Waals surface area contributed by atoms with Crippen LogP contribution in [-0.4, -0.2) is 49.7 Å². The Hall–Kier alpha value is -1.68. The molecule has 3 heteroatoms. The molecule has 1 saturated heterocycles. The van der Waals surface area contributed by atoms with Crippen molar-refractivity contribution < 1.29 is 4.74 Å². The van der Waals surface area contributed by atoms with Crippen LogP contribution in [0.25, 0.3) is 0 Å². The van der Waals surface area contributed by atoms with Crippen molar-refractivity contribution in [2.75, 3.05) is 39.9 Å². The quantitative estimate of drug-likeness (QED) is 0.809. The van der Waals surface area contributed by atoms with E-state index < -0.39 is 0 Å². The third-order valence-electron chi connectivity index (χ3n) is 4.80. The van der Waals surface area contributed by atoms with Crippen LogP contribution in [0.15, 0.2) is 54.6 Å². The van der Waals surface area contributed by atoms with E-state index in [0.717, 1.165) is 39.4 Å². The summed E-state index contributed by atoms with van der Waals surface area (Å²) in [5, 5.41) is 0. The van der Waals surface area contributed by atoms with E-state index >= 15 is 0 Å². The first-order chi connectivity index (χ1) is 11.7. The molecule has 0 radical (unpaired) electrons. The van der Waals surface area contributed by atoms with Gasteiger partial charge in [-0.15, -0.1) is 0 Å². The zero-order valence-electron chi connectivity index (χ0n) is 14.8. The van der Waals surface area contributed by atoms with Gasteiger partial charge < -0.3 is 4.74 Å². The Morgan fingerprint density at radius 1 is 1.00 bits per heavy atom. The molecule has 1 atom stereocenters. The minimum atomic E-state index is 0.394. The van der Waals surface area contributed by atoms with Gasteiger partial charge in [-0.3, -0.25) is 9.80 Å². The molecule has 2 aromatic carbocycles. The van der Waals surface area contributed by atoms with Crippen LogP contribution in [0, 0.1) is 6.92 Å². The zero-order chi connectivity index (χ0) is 16.8. The van der Waals surface area contributed by atoms with Crippen LogP contribution in [0.1, 0.15) is 22.7 Å². The highest BCUT2D eigenvalue weighted by molar-refractivity contribution is 5.23. The van der Waals surface area contributed by atoms with Crippen molar-refractivity contribution in [3.8, 4) is 0 Å². The number of rotatable bonds is 6. The Kier molecular flexibility index (Phi) is 6.02. The maximum absolute atomic E-state index is 5.50. The summed E-state index contributed by atoms with van der Waals surface area (Å²) in [6.07, 6.45) is 0. The molecule has 0 N–H and O–H groups in total. The summed E-state index contributed by atoms with van der Waals surface area (Å²) < 4.78 is 5.50. The van der Waals surface area contributed by atoms with Crippen LogP contribution in [0.4, 0.5) is 0 Å². The maximum atomic E-state index is 5.50. The SMILES string of the molecule is Cc1ccc(CN(C)C(CN2CCOCC2)c2ccccc2)cc1. The van der Waals surface area contributed by atoms with E-state index in [4.69, 9.17) is 4.74 Å². The van der Waals surface area contributed by atoms with Crippen LogP contribution < -0.4 is 0 Å². The summed E-state index contributed by atoms with van der Waals surface area (Å²) in [6, 6.07) is 20.1. The fourth-order valence-electron chi connectivity index (χ4n) is 3.29. The molecule has 0 spiro atoms. The Bertz CT molecular complexity index is 605. The molecule has 0 bridgehead atoms. The van der Waals surface area contributed by atoms with Gasteiger partial charge in [-0.2, -0.15) is 0 Å². The molecule has 2 aromatic rings. The molecule has 24 heavy (non-hydrogen) atoms. The minimum Gasteiger partial charge on any atom is -0.379 e. The van der Waals surface area contributed by atoms with E-state index in [-0.39, 0.29) is 0 Å². The summed E-state index contributed by atoms with van der Waals surface area (Å²) >= 11 is 0. The fraction of sp³-hybridized carbons (Fsp3) is 0.429. The highest BCUT2D eigenvalue weighted by Crippen LogP contribution is 2.23. The van der Waals surface area contributed by atoms with Crippen LogP contribution >= 0.6 is 0 Å². The molecule has 0 aromatic heterocycles. The standard InChI is InChI=1S/C21H28N2O/c1-18-8-10-19(11-9-18)16-22(2)21(20-6-4-3-5-7-20)17-23-12-14-24-15-13-23/h3-11,21H,12-17H2,1-2H3. The molecule has 1 aliphatic heterocycles. The van der Waals surface area contributed by atoms with E-state index in [1.807, 2.05) is 0 Å². The largest absolute Gasteiger partial charge is 0.379 e. The number of hydrogen-bond acceptors (Lipinski definition) is 3. The van der Waals surface area contributed by atoms with Gasteiger partial charge in [-0.05, 0) is 25.1 Å². The van der Waals surface area contributed by atoms with Crippen molar-refractivity contribution in [1.29, 1.82) is 0 Å². The highest BCUT2D eigenvalue weighted by atomic mass is 16.5. The van der Waals surface area contributed by atoms with Gasteiger partial charge in [-0.25, -0.2) is 0 Å². The van der Waals surface area contributed by atoms with E-state index in [2.05, 4.69) is 78.4 Å². The van der Waals surface area contributed by atoms with Crippen molar-refractivity contribution in [1.82, 2.24) is 9.80 Å². The highest BCUT2D eigenvalue weighted by Gasteiger charge is 2.22. The lowest BCUT2D eigenvalue weighted by Gasteiger charge is -2.35.